The molecular formula is C25H31N3O2. The second kappa shape index (κ2) is 8.92. The fourth-order valence-electron chi connectivity index (χ4n) is 4.35. The Hall–Kier alpha value is -2.79. The molecule has 0 saturated carbocycles. The van der Waals surface area contributed by atoms with Crippen LogP contribution >= 0.6 is 0 Å². The van der Waals surface area contributed by atoms with Crippen molar-refractivity contribution in [2.75, 3.05) is 26.2 Å². The minimum absolute atomic E-state index is 0.145. The molecule has 4 rings (SSSR count). The summed E-state index contributed by atoms with van der Waals surface area (Å²) in [5.41, 5.74) is 5.61. The second-order valence-corrected chi connectivity index (χ2v) is 8.30. The Bertz CT molecular complexity index is 1000. The molecule has 0 radical (unpaired) electrons. The third-order valence-corrected chi connectivity index (χ3v) is 6.23. The SMILES string of the molecule is Cc1ccccc1CN1CCCN(C(=O)c2cc(C)n(Cc3ccco3)c2C)CC1. The van der Waals surface area contributed by atoms with E-state index in [2.05, 4.69) is 47.6 Å². The zero-order chi connectivity index (χ0) is 21.1. The Morgan fingerprint density at radius 2 is 1.80 bits per heavy atom. The lowest BCUT2D eigenvalue weighted by atomic mass is 10.1. The summed E-state index contributed by atoms with van der Waals surface area (Å²) >= 11 is 0. The van der Waals surface area contributed by atoms with Gasteiger partial charge in [-0.05, 0) is 56.5 Å². The molecule has 158 valence electrons. The maximum absolute atomic E-state index is 13.3. The van der Waals surface area contributed by atoms with Gasteiger partial charge >= 0.3 is 0 Å². The van der Waals surface area contributed by atoms with Gasteiger partial charge in [0, 0.05) is 44.1 Å². The number of rotatable bonds is 5. The molecule has 1 saturated heterocycles. The Balaban J connectivity index is 1.43. The van der Waals surface area contributed by atoms with Crippen LogP contribution in [0.5, 0.6) is 0 Å². The second-order valence-electron chi connectivity index (χ2n) is 8.30. The van der Waals surface area contributed by atoms with Gasteiger partial charge in [0.05, 0.1) is 18.4 Å². The standard InChI is InChI=1S/C25H31N3O2/c1-19-8-4-5-9-22(19)17-26-11-7-12-27(14-13-26)25(29)24-16-20(2)28(21(24)3)18-23-10-6-15-30-23/h4-6,8-10,15-16H,7,11-14,17-18H2,1-3H3. The number of carbonyl (C=O) groups is 1. The van der Waals surface area contributed by atoms with Gasteiger partial charge in [-0.3, -0.25) is 9.69 Å². The van der Waals surface area contributed by atoms with Gasteiger partial charge in [-0.2, -0.15) is 0 Å². The molecule has 0 N–H and O–H groups in total. The van der Waals surface area contributed by atoms with Gasteiger partial charge < -0.3 is 13.9 Å². The van der Waals surface area contributed by atoms with Crippen LogP contribution in [0.2, 0.25) is 0 Å². The van der Waals surface area contributed by atoms with Crippen molar-refractivity contribution in [1.29, 1.82) is 0 Å². The average Bonchev–Trinajstić information content (AvgIpc) is 3.27. The summed E-state index contributed by atoms with van der Waals surface area (Å²) in [7, 11) is 0. The molecule has 2 aromatic heterocycles. The first kappa shape index (κ1) is 20.5. The summed E-state index contributed by atoms with van der Waals surface area (Å²) in [6.45, 7) is 11.4. The molecule has 1 aliphatic rings. The topological polar surface area (TPSA) is 41.6 Å². The molecule has 1 aromatic carbocycles. The highest BCUT2D eigenvalue weighted by atomic mass is 16.3. The highest BCUT2D eigenvalue weighted by Gasteiger charge is 2.24. The first-order valence-electron chi connectivity index (χ1n) is 10.8. The number of aromatic nitrogens is 1. The van der Waals surface area contributed by atoms with Crippen LogP contribution in [0.25, 0.3) is 0 Å². The van der Waals surface area contributed by atoms with E-state index in [0.29, 0.717) is 6.54 Å². The number of nitrogens with zero attached hydrogens (tertiary/aromatic N) is 3. The summed E-state index contributed by atoms with van der Waals surface area (Å²) in [5.74, 6) is 1.05. The molecular weight excluding hydrogens is 374 g/mol. The molecule has 0 aliphatic carbocycles. The lowest BCUT2D eigenvalue weighted by Gasteiger charge is -2.22. The quantitative estimate of drug-likeness (QED) is 0.632. The Labute approximate surface area is 178 Å². The largest absolute Gasteiger partial charge is 0.467 e. The first-order chi connectivity index (χ1) is 14.5. The van der Waals surface area contributed by atoms with Crippen LogP contribution in [0, 0.1) is 20.8 Å². The summed E-state index contributed by atoms with van der Waals surface area (Å²) in [6.07, 6.45) is 2.69. The Morgan fingerprint density at radius 3 is 2.57 bits per heavy atom. The van der Waals surface area contributed by atoms with Crippen LogP contribution in [0.4, 0.5) is 0 Å². The van der Waals surface area contributed by atoms with Crippen molar-refractivity contribution < 1.29 is 9.21 Å². The number of furan rings is 1. The molecule has 1 fully saturated rings. The summed E-state index contributed by atoms with van der Waals surface area (Å²) in [4.78, 5) is 17.8. The zero-order valence-electron chi connectivity index (χ0n) is 18.2. The molecule has 5 nitrogen and oxygen atoms in total. The van der Waals surface area contributed by atoms with E-state index in [1.165, 1.54) is 11.1 Å². The fraction of sp³-hybridized carbons (Fsp3) is 0.400. The van der Waals surface area contributed by atoms with Crippen LogP contribution in [-0.2, 0) is 13.1 Å². The van der Waals surface area contributed by atoms with Crippen molar-refractivity contribution in [3.05, 3.63) is 82.6 Å². The molecule has 5 heteroatoms. The van der Waals surface area contributed by atoms with E-state index < -0.39 is 0 Å². The summed E-state index contributed by atoms with van der Waals surface area (Å²) < 4.78 is 7.66. The molecule has 1 aliphatic heterocycles. The first-order valence-corrected chi connectivity index (χ1v) is 10.8. The van der Waals surface area contributed by atoms with Gasteiger partial charge in [0.15, 0.2) is 0 Å². The van der Waals surface area contributed by atoms with E-state index >= 15 is 0 Å². The average molecular weight is 406 g/mol. The Morgan fingerprint density at radius 1 is 0.967 bits per heavy atom. The molecule has 0 bridgehead atoms. The van der Waals surface area contributed by atoms with E-state index in [1.54, 1.807) is 6.26 Å². The number of hydrogen-bond acceptors (Lipinski definition) is 3. The van der Waals surface area contributed by atoms with Crippen molar-refractivity contribution in [2.24, 2.45) is 0 Å². The predicted octanol–water partition coefficient (Wildman–Crippen LogP) is 4.40. The van der Waals surface area contributed by atoms with Crippen molar-refractivity contribution in [2.45, 2.75) is 40.3 Å². The van der Waals surface area contributed by atoms with E-state index in [4.69, 9.17) is 4.42 Å². The van der Waals surface area contributed by atoms with Gasteiger partial charge in [0.25, 0.3) is 5.91 Å². The third kappa shape index (κ3) is 4.36. The lowest BCUT2D eigenvalue weighted by Crippen LogP contribution is -2.35. The molecule has 30 heavy (non-hydrogen) atoms. The van der Waals surface area contributed by atoms with Crippen molar-refractivity contribution in [1.82, 2.24) is 14.4 Å². The monoisotopic (exact) mass is 405 g/mol. The number of benzene rings is 1. The smallest absolute Gasteiger partial charge is 0.255 e. The van der Waals surface area contributed by atoms with Gasteiger partial charge in [-0.25, -0.2) is 0 Å². The molecule has 0 unspecified atom stereocenters. The fourth-order valence-corrected chi connectivity index (χ4v) is 4.35. The Kier molecular flexibility index (Phi) is 6.09. The van der Waals surface area contributed by atoms with Gasteiger partial charge in [0.1, 0.15) is 5.76 Å². The van der Waals surface area contributed by atoms with Crippen molar-refractivity contribution >= 4 is 5.91 Å². The number of amides is 1. The molecule has 1 amide bonds. The molecule has 3 aromatic rings. The van der Waals surface area contributed by atoms with Crippen LogP contribution in [0.15, 0.2) is 53.1 Å². The van der Waals surface area contributed by atoms with Crippen molar-refractivity contribution in [3.63, 3.8) is 0 Å². The van der Waals surface area contributed by atoms with Crippen LogP contribution in [0.1, 0.15) is 45.1 Å². The van der Waals surface area contributed by atoms with Crippen LogP contribution in [-0.4, -0.2) is 46.5 Å². The molecule has 0 atom stereocenters. The number of hydrogen-bond donors (Lipinski definition) is 0. The van der Waals surface area contributed by atoms with Crippen LogP contribution < -0.4 is 0 Å². The zero-order valence-corrected chi connectivity index (χ0v) is 18.2. The predicted molar refractivity (Wildman–Crippen MR) is 119 cm³/mol. The van der Waals surface area contributed by atoms with E-state index in [1.807, 2.05) is 30.0 Å². The maximum atomic E-state index is 13.3. The van der Waals surface area contributed by atoms with Gasteiger partial charge in [-0.1, -0.05) is 24.3 Å². The minimum Gasteiger partial charge on any atom is -0.467 e. The van der Waals surface area contributed by atoms with E-state index in [9.17, 15) is 4.79 Å². The maximum Gasteiger partial charge on any atom is 0.255 e. The highest BCUT2D eigenvalue weighted by molar-refractivity contribution is 5.95. The number of aryl methyl sites for hydroxylation is 2. The number of carbonyl (C=O) groups excluding carboxylic acids is 1. The minimum atomic E-state index is 0.145. The van der Waals surface area contributed by atoms with E-state index in [-0.39, 0.29) is 5.91 Å². The summed E-state index contributed by atoms with van der Waals surface area (Å²) in [6, 6.07) is 14.5. The normalized spacial score (nSPS) is 15.4. The molecule has 0 spiro atoms. The van der Waals surface area contributed by atoms with Crippen molar-refractivity contribution in [3.8, 4) is 0 Å². The third-order valence-electron chi connectivity index (χ3n) is 6.23. The van der Waals surface area contributed by atoms with E-state index in [0.717, 1.165) is 61.9 Å². The lowest BCUT2D eigenvalue weighted by molar-refractivity contribution is 0.0760. The van der Waals surface area contributed by atoms with Gasteiger partial charge in [-0.15, -0.1) is 0 Å². The summed E-state index contributed by atoms with van der Waals surface area (Å²) in [5, 5.41) is 0. The molecule has 3 heterocycles. The highest BCUT2D eigenvalue weighted by Crippen LogP contribution is 2.20. The van der Waals surface area contributed by atoms with Crippen LogP contribution in [0.3, 0.4) is 0 Å². The van der Waals surface area contributed by atoms with Gasteiger partial charge in [0.2, 0.25) is 0 Å².